The minimum absolute atomic E-state index is 0.167. The van der Waals surface area contributed by atoms with E-state index in [1.54, 1.807) is 43.5 Å². The molecule has 0 saturated heterocycles. The highest BCUT2D eigenvalue weighted by Crippen LogP contribution is 2.27. The zero-order valence-electron chi connectivity index (χ0n) is 11.3. The van der Waals surface area contributed by atoms with Crippen molar-refractivity contribution < 1.29 is 14.3 Å². The molecule has 4 nitrogen and oxygen atoms in total. The van der Waals surface area contributed by atoms with E-state index in [-0.39, 0.29) is 6.61 Å². The lowest BCUT2D eigenvalue weighted by atomic mass is 10.1. The van der Waals surface area contributed by atoms with Crippen LogP contribution in [0.1, 0.15) is 21.5 Å². The van der Waals surface area contributed by atoms with E-state index in [4.69, 9.17) is 26.3 Å². The van der Waals surface area contributed by atoms with Gasteiger partial charge in [-0.05, 0) is 30.3 Å². The molecule has 2 aromatic carbocycles. The Bertz CT molecular complexity index is 707. The Morgan fingerprint density at radius 3 is 2.76 bits per heavy atom. The van der Waals surface area contributed by atoms with Crippen LogP contribution in [0.5, 0.6) is 11.5 Å². The third kappa shape index (κ3) is 3.33. The summed E-state index contributed by atoms with van der Waals surface area (Å²) in [6.45, 7) is 0.167. The number of nitriles is 1. The van der Waals surface area contributed by atoms with Crippen LogP contribution in [-0.2, 0) is 6.61 Å². The quantitative estimate of drug-likeness (QED) is 0.792. The van der Waals surface area contributed by atoms with Gasteiger partial charge in [0.2, 0.25) is 0 Å². The van der Waals surface area contributed by atoms with Gasteiger partial charge in [-0.1, -0.05) is 17.7 Å². The van der Waals surface area contributed by atoms with Gasteiger partial charge in [0.1, 0.15) is 18.1 Å². The summed E-state index contributed by atoms with van der Waals surface area (Å²) in [6.07, 6.45) is 0.653. The number of carbonyl (C=O) groups excluding carboxylic acids is 1. The van der Waals surface area contributed by atoms with Crippen LogP contribution < -0.4 is 9.47 Å². The number of rotatable bonds is 5. The van der Waals surface area contributed by atoms with Crippen LogP contribution in [0.3, 0.4) is 0 Å². The van der Waals surface area contributed by atoms with Gasteiger partial charge in [-0.25, -0.2) is 0 Å². The largest absolute Gasteiger partial charge is 0.496 e. The monoisotopic (exact) mass is 301 g/mol. The molecule has 0 bridgehead atoms. The molecule has 0 aromatic heterocycles. The smallest absolute Gasteiger partial charge is 0.155 e. The summed E-state index contributed by atoms with van der Waals surface area (Å²) >= 11 is 5.94. The van der Waals surface area contributed by atoms with Gasteiger partial charge in [0, 0.05) is 5.56 Å². The van der Waals surface area contributed by atoms with Gasteiger partial charge in [0.25, 0.3) is 0 Å². The summed E-state index contributed by atoms with van der Waals surface area (Å²) in [7, 11) is 1.54. The molecule has 106 valence electrons. The molecule has 0 saturated carbocycles. The molecule has 2 rings (SSSR count). The number of halogens is 1. The molecule has 0 amide bonds. The van der Waals surface area contributed by atoms with Crippen molar-refractivity contribution in [2.75, 3.05) is 7.11 Å². The second-order valence-corrected chi connectivity index (χ2v) is 4.60. The molecule has 2 aromatic rings. The second-order valence-electron chi connectivity index (χ2n) is 4.20. The van der Waals surface area contributed by atoms with E-state index in [1.165, 1.54) is 0 Å². The Labute approximate surface area is 127 Å². The third-order valence-electron chi connectivity index (χ3n) is 2.92. The van der Waals surface area contributed by atoms with E-state index in [2.05, 4.69) is 6.07 Å². The molecule has 0 heterocycles. The van der Waals surface area contributed by atoms with Gasteiger partial charge in [-0.3, -0.25) is 4.79 Å². The molecule has 0 unspecified atom stereocenters. The molecular weight excluding hydrogens is 290 g/mol. The zero-order chi connectivity index (χ0) is 15.2. The van der Waals surface area contributed by atoms with Crippen LogP contribution >= 0.6 is 11.6 Å². The molecule has 0 aliphatic rings. The van der Waals surface area contributed by atoms with E-state index < -0.39 is 0 Å². The maximum Gasteiger partial charge on any atom is 0.155 e. The standard InChI is InChI=1S/C16H12ClNO3/c1-20-15-6-5-11(8-18)7-12(15)10-21-16-4-2-3-14(17)13(16)9-19/h2-7,9H,10H2,1H3. The Hall–Kier alpha value is -2.51. The Balaban J connectivity index is 2.26. The second kappa shape index (κ2) is 6.78. The van der Waals surface area contributed by atoms with Gasteiger partial charge >= 0.3 is 0 Å². The number of nitrogens with zero attached hydrogens (tertiary/aromatic N) is 1. The molecule has 0 aliphatic heterocycles. The number of hydrogen-bond donors (Lipinski definition) is 0. The van der Waals surface area contributed by atoms with Gasteiger partial charge in [-0.2, -0.15) is 5.26 Å². The molecule has 0 N–H and O–H groups in total. The van der Waals surface area contributed by atoms with Crippen LogP contribution in [0.4, 0.5) is 0 Å². The molecule has 0 fully saturated rings. The van der Waals surface area contributed by atoms with E-state index in [0.717, 1.165) is 0 Å². The van der Waals surface area contributed by atoms with Crippen molar-refractivity contribution in [1.29, 1.82) is 5.26 Å². The zero-order valence-corrected chi connectivity index (χ0v) is 12.1. The van der Waals surface area contributed by atoms with Crippen LogP contribution in [0.25, 0.3) is 0 Å². The fraction of sp³-hybridized carbons (Fsp3) is 0.125. The number of carbonyl (C=O) groups is 1. The van der Waals surface area contributed by atoms with Crippen LogP contribution in [-0.4, -0.2) is 13.4 Å². The normalized spacial score (nSPS) is 9.76. The molecule has 5 heteroatoms. The maximum atomic E-state index is 11.1. The lowest BCUT2D eigenvalue weighted by Crippen LogP contribution is -2.01. The number of hydrogen-bond acceptors (Lipinski definition) is 4. The van der Waals surface area contributed by atoms with Crippen LogP contribution in [0.15, 0.2) is 36.4 Å². The first kappa shape index (κ1) is 14.9. The molecular formula is C16H12ClNO3. The minimum atomic E-state index is 0.167. The summed E-state index contributed by atoms with van der Waals surface area (Å²) in [6, 6.07) is 12.1. The average Bonchev–Trinajstić information content (AvgIpc) is 2.52. The van der Waals surface area contributed by atoms with Gasteiger partial charge in [0.05, 0.1) is 29.3 Å². The highest BCUT2D eigenvalue weighted by Gasteiger charge is 2.10. The third-order valence-corrected chi connectivity index (χ3v) is 3.25. The van der Waals surface area contributed by atoms with Crippen LogP contribution in [0.2, 0.25) is 5.02 Å². The highest BCUT2D eigenvalue weighted by molar-refractivity contribution is 6.33. The molecule has 0 aliphatic carbocycles. The first-order valence-electron chi connectivity index (χ1n) is 6.13. The van der Waals surface area contributed by atoms with E-state index in [0.29, 0.717) is 39.5 Å². The van der Waals surface area contributed by atoms with Crippen molar-refractivity contribution in [3.05, 3.63) is 58.1 Å². The fourth-order valence-corrected chi connectivity index (χ4v) is 2.08. The Kier molecular flexibility index (Phi) is 4.81. The number of benzene rings is 2. The van der Waals surface area contributed by atoms with Crippen molar-refractivity contribution in [2.24, 2.45) is 0 Å². The van der Waals surface area contributed by atoms with Crippen molar-refractivity contribution in [1.82, 2.24) is 0 Å². The predicted molar refractivity (Wildman–Crippen MR) is 78.9 cm³/mol. The number of ether oxygens (including phenoxy) is 2. The van der Waals surface area contributed by atoms with Gasteiger partial charge in [0.15, 0.2) is 6.29 Å². The van der Waals surface area contributed by atoms with Gasteiger partial charge in [-0.15, -0.1) is 0 Å². The van der Waals surface area contributed by atoms with Crippen LogP contribution in [0, 0.1) is 11.3 Å². The van der Waals surface area contributed by atoms with E-state index in [1.807, 2.05) is 0 Å². The summed E-state index contributed by atoms with van der Waals surface area (Å²) in [5, 5.41) is 9.27. The average molecular weight is 302 g/mol. The molecule has 21 heavy (non-hydrogen) atoms. The minimum Gasteiger partial charge on any atom is -0.496 e. The Morgan fingerprint density at radius 1 is 1.29 bits per heavy atom. The van der Waals surface area contributed by atoms with Crippen molar-refractivity contribution >= 4 is 17.9 Å². The number of methoxy groups -OCH3 is 1. The van der Waals surface area contributed by atoms with Crippen molar-refractivity contribution in [3.63, 3.8) is 0 Å². The lowest BCUT2D eigenvalue weighted by Gasteiger charge is -2.12. The number of aldehydes is 1. The summed E-state index contributed by atoms with van der Waals surface area (Å²) < 4.78 is 10.9. The lowest BCUT2D eigenvalue weighted by molar-refractivity contribution is 0.111. The molecule has 0 spiro atoms. The fourth-order valence-electron chi connectivity index (χ4n) is 1.87. The van der Waals surface area contributed by atoms with Crippen molar-refractivity contribution in [2.45, 2.75) is 6.61 Å². The molecule has 0 radical (unpaired) electrons. The van der Waals surface area contributed by atoms with E-state index >= 15 is 0 Å². The van der Waals surface area contributed by atoms with E-state index in [9.17, 15) is 4.79 Å². The molecule has 0 atom stereocenters. The first-order chi connectivity index (χ1) is 10.2. The maximum absolute atomic E-state index is 11.1. The summed E-state index contributed by atoms with van der Waals surface area (Å²) in [5.41, 5.74) is 1.53. The topological polar surface area (TPSA) is 59.3 Å². The predicted octanol–water partition coefficient (Wildman–Crippen LogP) is 3.61. The highest BCUT2D eigenvalue weighted by atomic mass is 35.5. The van der Waals surface area contributed by atoms with Crippen molar-refractivity contribution in [3.8, 4) is 17.6 Å². The SMILES string of the molecule is COc1ccc(C#N)cc1COc1cccc(Cl)c1C=O. The Morgan fingerprint density at radius 2 is 2.10 bits per heavy atom. The summed E-state index contributed by atoms with van der Waals surface area (Å²) in [5.74, 6) is 1.01. The van der Waals surface area contributed by atoms with Gasteiger partial charge < -0.3 is 9.47 Å². The first-order valence-corrected chi connectivity index (χ1v) is 6.51. The summed E-state index contributed by atoms with van der Waals surface area (Å²) in [4.78, 5) is 11.1.